The van der Waals surface area contributed by atoms with E-state index < -0.39 is 27.6 Å². The fourth-order valence-electron chi connectivity index (χ4n) is 5.09. The minimum atomic E-state index is -3.76. The summed E-state index contributed by atoms with van der Waals surface area (Å²) >= 11 is 0. The van der Waals surface area contributed by atoms with Gasteiger partial charge in [-0.05, 0) is 66.2 Å². The van der Waals surface area contributed by atoms with Crippen molar-refractivity contribution in [3.05, 3.63) is 102 Å². The van der Waals surface area contributed by atoms with Gasteiger partial charge < -0.3 is 14.7 Å². The molecular formula is C32H25F2N3O4S. The zero-order valence-corrected chi connectivity index (χ0v) is 23.6. The third kappa shape index (κ3) is 4.79. The first-order valence-corrected chi connectivity index (χ1v) is 14.8. The SMILES string of the molecule is CNC(=O)c1c(-c2ccc(F)cc2)oc2cc(N(C)S(C)(=O)=O)c(-c3cc(F)cc(-c4cc5ccccc5[nH]4)c3)cc12. The first kappa shape index (κ1) is 27.2. The van der Waals surface area contributed by atoms with Gasteiger partial charge in [0, 0.05) is 58.8 Å². The Morgan fingerprint density at radius 1 is 0.881 bits per heavy atom. The summed E-state index contributed by atoms with van der Waals surface area (Å²) in [5.41, 5.74) is 3.98. The van der Waals surface area contributed by atoms with Crippen LogP contribution in [0.4, 0.5) is 14.5 Å². The van der Waals surface area contributed by atoms with Gasteiger partial charge in [0.05, 0.1) is 17.5 Å². The third-order valence-electron chi connectivity index (χ3n) is 7.25. The lowest BCUT2D eigenvalue weighted by Crippen LogP contribution is -2.25. The number of nitrogens with one attached hydrogen (secondary N) is 2. The van der Waals surface area contributed by atoms with Crippen LogP contribution in [0.5, 0.6) is 0 Å². The molecule has 42 heavy (non-hydrogen) atoms. The van der Waals surface area contributed by atoms with E-state index in [1.165, 1.54) is 56.6 Å². The van der Waals surface area contributed by atoms with Crippen LogP contribution < -0.4 is 9.62 Å². The fraction of sp³-hybridized carbons (Fsp3) is 0.0938. The number of carbonyl (C=O) groups excluding carboxylic acids is 1. The number of amides is 1. The molecule has 2 N–H and O–H groups in total. The quantitative estimate of drug-likeness (QED) is 0.221. The second kappa shape index (κ2) is 10.1. The Balaban J connectivity index is 1.63. The lowest BCUT2D eigenvalue weighted by Gasteiger charge is -2.21. The number of halogens is 2. The van der Waals surface area contributed by atoms with Crippen molar-refractivity contribution in [1.82, 2.24) is 10.3 Å². The van der Waals surface area contributed by atoms with E-state index >= 15 is 4.39 Å². The zero-order valence-electron chi connectivity index (χ0n) is 22.8. The highest BCUT2D eigenvalue weighted by Gasteiger charge is 2.26. The molecule has 4 aromatic carbocycles. The summed E-state index contributed by atoms with van der Waals surface area (Å²) in [4.78, 5) is 16.4. The number of fused-ring (bicyclic) bond motifs is 2. The number of benzene rings is 4. The summed E-state index contributed by atoms with van der Waals surface area (Å²) in [6.07, 6.45) is 1.06. The summed E-state index contributed by atoms with van der Waals surface area (Å²) in [6, 6.07) is 22.7. The highest BCUT2D eigenvalue weighted by Crippen LogP contribution is 2.42. The molecule has 0 bridgehead atoms. The van der Waals surface area contributed by atoms with Crippen LogP contribution in [0.25, 0.3) is 55.6 Å². The van der Waals surface area contributed by atoms with Crippen molar-refractivity contribution < 1.29 is 26.4 Å². The number of hydrogen-bond donors (Lipinski definition) is 2. The van der Waals surface area contributed by atoms with E-state index in [1.807, 2.05) is 30.3 Å². The standard InChI is InChI=1S/C32H25F2N3O4S/c1-35-32(38)30-25-16-24(20-12-21(14-23(34)13-20)27-15-19-6-4-5-7-26(19)36-27)28(37(2)42(3,39)40)17-29(25)41-31(30)18-8-10-22(33)11-9-18/h4-17,36H,1-3H3,(H,35,38). The second-order valence-corrected chi connectivity index (χ2v) is 12.0. The Morgan fingerprint density at radius 2 is 1.60 bits per heavy atom. The molecule has 6 rings (SSSR count). The first-order chi connectivity index (χ1) is 20.0. The molecule has 0 atom stereocenters. The maximum absolute atomic E-state index is 15.2. The van der Waals surface area contributed by atoms with Crippen LogP contribution in [0.2, 0.25) is 0 Å². The maximum Gasteiger partial charge on any atom is 0.255 e. The molecule has 2 heterocycles. The molecule has 7 nitrogen and oxygen atoms in total. The van der Waals surface area contributed by atoms with E-state index in [9.17, 15) is 17.6 Å². The van der Waals surface area contributed by atoms with Gasteiger partial charge in [0.2, 0.25) is 10.0 Å². The number of H-pyrrole nitrogens is 1. The van der Waals surface area contributed by atoms with Crippen molar-refractivity contribution in [3.63, 3.8) is 0 Å². The van der Waals surface area contributed by atoms with E-state index in [0.29, 0.717) is 33.3 Å². The molecular weight excluding hydrogens is 560 g/mol. The summed E-state index contributed by atoms with van der Waals surface area (Å²) in [6.45, 7) is 0. The monoisotopic (exact) mass is 585 g/mol. The van der Waals surface area contributed by atoms with Gasteiger partial charge in [0.15, 0.2) is 0 Å². The van der Waals surface area contributed by atoms with Crippen LogP contribution in [-0.2, 0) is 10.0 Å². The summed E-state index contributed by atoms with van der Waals surface area (Å²) in [5, 5.41) is 3.95. The van der Waals surface area contributed by atoms with E-state index in [1.54, 1.807) is 12.1 Å². The number of furan rings is 1. The molecule has 0 saturated carbocycles. The Morgan fingerprint density at radius 3 is 2.29 bits per heavy atom. The topological polar surface area (TPSA) is 95.4 Å². The smallest absolute Gasteiger partial charge is 0.255 e. The summed E-state index contributed by atoms with van der Waals surface area (Å²) in [5.74, 6) is -1.25. The Bertz CT molecular complexity index is 2080. The fourth-order valence-corrected chi connectivity index (χ4v) is 5.60. The van der Waals surface area contributed by atoms with Crippen LogP contribution in [0, 0.1) is 11.6 Å². The number of carbonyl (C=O) groups is 1. The Kier molecular flexibility index (Phi) is 6.58. The molecule has 6 aromatic rings. The number of anilines is 1. The van der Waals surface area contributed by atoms with E-state index in [2.05, 4.69) is 10.3 Å². The Labute approximate surface area is 240 Å². The Hall–Kier alpha value is -4.96. The normalized spacial score (nSPS) is 11.7. The lowest BCUT2D eigenvalue weighted by atomic mass is 9.96. The molecule has 1 amide bonds. The van der Waals surface area contributed by atoms with Crippen molar-refractivity contribution in [2.75, 3.05) is 24.7 Å². The van der Waals surface area contributed by atoms with E-state index in [-0.39, 0.29) is 22.6 Å². The number of rotatable bonds is 6. The summed E-state index contributed by atoms with van der Waals surface area (Å²) in [7, 11) is -0.891. The number of aromatic nitrogens is 1. The highest BCUT2D eigenvalue weighted by molar-refractivity contribution is 7.92. The van der Waals surface area contributed by atoms with Crippen molar-refractivity contribution in [2.24, 2.45) is 0 Å². The largest absolute Gasteiger partial charge is 0.455 e. The van der Waals surface area contributed by atoms with Crippen LogP contribution in [-0.4, -0.2) is 39.7 Å². The van der Waals surface area contributed by atoms with Crippen molar-refractivity contribution >= 4 is 43.5 Å². The average molecular weight is 586 g/mol. The number of nitrogens with zero attached hydrogens (tertiary/aromatic N) is 1. The number of aromatic amines is 1. The number of sulfonamides is 1. The molecule has 0 spiro atoms. The number of para-hydroxylation sites is 1. The zero-order chi connectivity index (χ0) is 29.8. The van der Waals surface area contributed by atoms with Crippen molar-refractivity contribution in [2.45, 2.75) is 0 Å². The van der Waals surface area contributed by atoms with E-state index in [4.69, 9.17) is 4.42 Å². The molecule has 2 aromatic heterocycles. The van der Waals surface area contributed by atoms with Gasteiger partial charge in [-0.25, -0.2) is 17.2 Å². The maximum atomic E-state index is 15.2. The van der Waals surface area contributed by atoms with Crippen molar-refractivity contribution in [1.29, 1.82) is 0 Å². The van der Waals surface area contributed by atoms with Gasteiger partial charge in [-0.2, -0.15) is 0 Å². The minimum Gasteiger partial charge on any atom is -0.455 e. The van der Waals surface area contributed by atoms with Gasteiger partial charge in [-0.3, -0.25) is 9.10 Å². The molecule has 0 fully saturated rings. The van der Waals surface area contributed by atoms with Gasteiger partial charge >= 0.3 is 0 Å². The molecule has 0 unspecified atom stereocenters. The molecule has 0 aliphatic rings. The molecule has 0 saturated heterocycles. The van der Waals surface area contributed by atoms with Crippen molar-refractivity contribution in [3.8, 4) is 33.7 Å². The third-order valence-corrected chi connectivity index (χ3v) is 8.44. The summed E-state index contributed by atoms with van der Waals surface area (Å²) < 4.78 is 61.5. The predicted octanol–water partition coefficient (Wildman–Crippen LogP) is 6.95. The molecule has 212 valence electrons. The average Bonchev–Trinajstić information content (AvgIpc) is 3.57. The van der Waals surface area contributed by atoms with Gasteiger partial charge in [-0.15, -0.1) is 0 Å². The van der Waals surface area contributed by atoms with Gasteiger partial charge in [0.1, 0.15) is 23.0 Å². The highest BCUT2D eigenvalue weighted by atomic mass is 32.2. The number of hydrogen-bond acceptors (Lipinski definition) is 4. The lowest BCUT2D eigenvalue weighted by molar-refractivity contribution is 0.0964. The molecule has 10 heteroatoms. The van der Waals surface area contributed by atoms with Crippen LogP contribution in [0.1, 0.15) is 10.4 Å². The minimum absolute atomic E-state index is 0.182. The van der Waals surface area contributed by atoms with Gasteiger partial charge in [-0.1, -0.05) is 18.2 Å². The molecule has 0 aliphatic heterocycles. The van der Waals surface area contributed by atoms with Crippen LogP contribution in [0.3, 0.4) is 0 Å². The van der Waals surface area contributed by atoms with Crippen LogP contribution in [0.15, 0.2) is 89.3 Å². The molecule has 0 radical (unpaired) electrons. The second-order valence-electron chi connectivity index (χ2n) is 9.99. The first-order valence-electron chi connectivity index (χ1n) is 12.9. The predicted molar refractivity (Wildman–Crippen MR) is 161 cm³/mol. The van der Waals surface area contributed by atoms with Gasteiger partial charge in [0.25, 0.3) is 5.91 Å². The molecule has 0 aliphatic carbocycles. The van der Waals surface area contributed by atoms with Crippen LogP contribution >= 0.6 is 0 Å². The van der Waals surface area contributed by atoms with E-state index in [0.717, 1.165) is 21.5 Å².